The molecule has 1 saturated heterocycles. The van der Waals surface area contributed by atoms with Gasteiger partial charge in [-0.25, -0.2) is 19.7 Å². The molecular formula is C21H23N7O3. The van der Waals surface area contributed by atoms with E-state index in [0.29, 0.717) is 47.7 Å². The maximum absolute atomic E-state index is 12.5. The van der Waals surface area contributed by atoms with Gasteiger partial charge in [0, 0.05) is 38.0 Å². The van der Waals surface area contributed by atoms with Gasteiger partial charge in [0.25, 0.3) is 0 Å². The van der Waals surface area contributed by atoms with E-state index in [1.165, 1.54) is 0 Å². The van der Waals surface area contributed by atoms with Crippen LogP contribution in [-0.2, 0) is 22.6 Å². The molecule has 4 heterocycles. The van der Waals surface area contributed by atoms with Gasteiger partial charge in [0.1, 0.15) is 6.61 Å². The van der Waals surface area contributed by atoms with Crippen molar-refractivity contribution in [1.82, 2.24) is 34.7 Å². The normalized spacial score (nSPS) is 15.0. The van der Waals surface area contributed by atoms with Crippen molar-refractivity contribution in [3.05, 3.63) is 46.8 Å². The Labute approximate surface area is 177 Å². The number of methoxy groups -OCH3 is 1. The van der Waals surface area contributed by atoms with Crippen molar-refractivity contribution in [3.8, 4) is 22.6 Å². The Hall–Kier alpha value is -3.37. The summed E-state index contributed by atoms with van der Waals surface area (Å²) < 4.78 is 12.2. The molecule has 3 aromatic heterocycles. The lowest BCUT2D eigenvalue weighted by molar-refractivity contribution is 0.0613. The number of fused-ring (bicyclic) bond motifs is 1. The zero-order valence-electron chi connectivity index (χ0n) is 17.2. The molecule has 1 fully saturated rings. The van der Waals surface area contributed by atoms with E-state index in [2.05, 4.69) is 25.1 Å². The van der Waals surface area contributed by atoms with Gasteiger partial charge in [0.2, 0.25) is 0 Å². The van der Waals surface area contributed by atoms with Crippen molar-refractivity contribution >= 4 is 11.3 Å². The van der Waals surface area contributed by atoms with Crippen molar-refractivity contribution in [2.75, 3.05) is 20.3 Å². The van der Waals surface area contributed by atoms with Crippen LogP contribution in [0.15, 0.2) is 35.3 Å². The zero-order valence-corrected chi connectivity index (χ0v) is 17.2. The molecule has 10 heteroatoms. The quantitative estimate of drug-likeness (QED) is 0.489. The molecule has 0 amide bonds. The van der Waals surface area contributed by atoms with Gasteiger partial charge in [0.15, 0.2) is 22.9 Å². The van der Waals surface area contributed by atoms with Gasteiger partial charge in [-0.1, -0.05) is 24.3 Å². The molecule has 0 atom stereocenters. The number of aromatic amines is 2. The Morgan fingerprint density at radius 2 is 1.94 bits per heavy atom. The highest BCUT2D eigenvalue weighted by Gasteiger charge is 2.19. The Kier molecular flexibility index (Phi) is 5.31. The van der Waals surface area contributed by atoms with Crippen LogP contribution in [0.4, 0.5) is 0 Å². The van der Waals surface area contributed by atoms with Crippen molar-refractivity contribution in [1.29, 1.82) is 0 Å². The van der Waals surface area contributed by atoms with Crippen LogP contribution in [0.25, 0.3) is 33.9 Å². The summed E-state index contributed by atoms with van der Waals surface area (Å²) in [5.41, 5.74) is 3.39. The summed E-state index contributed by atoms with van der Waals surface area (Å²) in [4.78, 5) is 28.9. The standard InChI is InChI=1S/C21H23N7O3/c1-30-12-17-24-18(27-26-17)15-4-2-14(3-5-15)16-10-22-19-20(23-16)28(21(29)25-19)11-13-6-8-31-9-7-13/h2-5,10,13H,6-9,11-12H2,1H3,(H,22,25,29)(H,24,26,27). The maximum Gasteiger partial charge on any atom is 0.328 e. The highest BCUT2D eigenvalue weighted by Crippen LogP contribution is 2.23. The van der Waals surface area contributed by atoms with Crippen LogP contribution >= 0.6 is 0 Å². The second kappa shape index (κ2) is 8.40. The average molecular weight is 421 g/mol. The lowest BCUT2D eigenvalue weighted by atomic mass is 10.0. The molecule has 4 aromatic rings. The van der Waals surface area contributed by atoms with E-state index in [9.17, 15) is 4.79 Å². The zero-order chi connectivity index (χ0) is 21.2. The van der Waals surface area contributed by atoms with E-state index in [-0.39, 0.29) is 5.69 Å². The summed E-state index contributed by atoms with van der Waals surface area (Å²) >= 11 is 0. The highest BCUT2D eigenvalue weighted by molar-refractivity contribution is 5.72. The molecule has 1 aliphatic rings. The van der Waals surface area contributed by atoms with Crippen LogP contribution in [0.1, 0.15) is 18.7 Å². The van der Waals surface area contributed by atoms with Gasteiger partial charge in [0.05, 0.1) is 11.9 Å². The van der Waals surface area contributed by atoms with Crippen LogP contribution in [0, 0.1) is 5.92 Å². The minimum Gasteiger partial charge on any atom is -0.381 e. The van der Waals surface area contributed by atoms with Gasteiger partial charge in [-0.3, -0.25) is 14.6 Å². The molecule has 160 valence electrons. The van der Waals surface area contributed by atoms with Crippen molar-refractivity contribution < 1.29 is 9.47 Å². The molecular weight excluding hydrogens is 398 g/mol. The van der Waals surface area contributed by atoms with Crippen LogP contribution < -0.4 is 5.69 Å². The van der Waals surface area contributed by atoms with E-state index < -0.39 is 0 Å². The fraction of sp³-hybridized carbons (Fsp3) is 0.381. The van der Waals surface area contributed by atoms with E-state index in [1.807, 2.05) is 24.3 Å². The summed E-state index contributed by atoms with van der Waals surface area (Å²) in [5.74, 6) is 1.68. The Morgan fingerprint density at radius 3 is 2.71 bits per heavy atom. The third kappa shape index (κ3) is 3.99. The van der Waals surface area contributed by atoms with Crippen LogP contribution in [0.3, 0.4) is 0 Å². The van der Waals surface area contributed by atoms with E-state index in [4.69, 9.17) is 14.5 Å². The Balaban J connectivity index is 1.43. The summed E-state index contributed by atoms with van der Waals surface area (Å²) in [6.07, 6.45) is 3.57. The molecule has 1 aromatic carbocycles. The number of ether oxygens (including phenoxy) is 2. The van der Waals surface area contributed by atoms with E-state index >= 15 is 0 Å². The molecule has 0 aliphatic carbocycles. The lowest BCUT2D eigenvalue weighted by Gasteiger charge is -2.21. The number of H-pyrrole nitrogens is 2. The van der Waals surface area contributed by atoms with Crippen LogP contribution in [0.5, 0.6) is 0 Å². The summed E-state index contributed by atoms with van der Waals surface area (Å²) in [5, 5.41) is 7.08. The number of hydrogen-bond donors (Lipinski definition) is 2. The minimum absolute atomic E-state index is 0.176. The van der Waals surface area contributed by atoms with E-state index in [1.54, 1.807) is 17.9 Å². The van der Waals surface area contributed by atoms with Gasteiger partial charge in [-0.15, -0.1) is 0 Å². The smallest absolute Gasteiger partial charge is 0.328 e. The predicted octanol–water partition coefficient (Wildman–Crippen LogP) is 2.14. The van der Waals surface area contributed by atoms with Gasteiger partial charge in [-0.05, 0) is 18.8 Å². The van der Waals surface area contributed by atoms with Gasteiger partial charge in [-0.2, -0.15) is 5.10 Å². The first-order valence-corrected chi connectivity index (χ1v) is 10.3. The fourth-order valence-corrected chi connectivity index (χ4v) is 3.83. The largest absolute Gasteiger partial charge is 0.381 e. The number of rotatable bonds is 6. The molecule has 1 aliphatic heterocycles. The van der Waals surface area contributed by atoms with Gasteiger partial charge >= 0.3 is 5.69 Å². The molecule has 2 N–H and O–H groups in total. The second-order valence-corrected chi connectivity index (χ2v) is 7.64. The Bertz CT molecular complexity index is 1240. The minimum atomic E-state index is -0.176. The number of hydrogen-bond acceptors (Lipinski definition) is 7. The number of aromatic nitrogens is 7. The summed E-state index contributed by atoms with van der Waals surface area (Å²) in [7, 11) is 1.61. The number of imidazole rings is 1. The van der Waals surface area contributed by atoms with Crippen LogP contribution in [-0.4, -0.2) is 55.0 Å². The third-order valence-electron chi connectivity index (χ3n) is 5.51. The molecule has 31 heavy (non-hydrogen) atoms. The topological polar surface area (TPSA) is 124 Å². The summed E-state index contributed by atoms with van der Waals surface area (Å²) in [6, 6.07) is 7.77. The molecule has 0 spiro atoms. The van der Waals surface area contributed by atoms with Crippen molar-refractivity contribution in [3.63, 3.8) is 0 Å². The van der Waals surface area contributed by atoms with Gasteiger partial charge < -0.3 is 9.47 Å². The van der Waals surface area contributed by atoms with Crippen LogP contribution in [0.2, 0.25) is 0 Å². The SMILES string of the molecule is COCc1nc(-c2ccc(-c3cnc4[nH]c(=O)n(CC5CCOCC5)c4n3)cc2)n[nH]1. The third-order valence-corrected chi connectivity index (χ3v) is 5.51. The van der Waals surface area contributed by atoms with Crippen molar-refractivity contribution in [2.45, 2.75) is 26.0 Å². The monoisotopic (exact) mass is 421 g/mol. The van der Waals surface area contributed by atoms with Crippen molar-refractivity contribution in [2.24, 2.45) is 5.92 Å². The first-order valence-electron chi connectivity index (χ1n) is 10.3. The number of benzene rings is 1. The average Bonchev–Trinajstić information content (AvgIpc) is 3.39. The molecule has 5 rings (SSSR count). The first-order chi connectivity index (χ1) is 15.2. The Morgan fingerprint density at radius 1 is 1.16 bits per heavy atom. The number of nitrogens with zero attached hydrogens (tertiary/aromatic N) is 5. The lowest BCUT2D eigenvalue weighted by Crippen LogP contribution is -2.26. The molecule has 0 saturated carbocycles. The molecule has 10 nitrogen and oxygen atoms in total. The number of nitrogens with one attached hydrogen (secondary N) is 2. The highest BCUT2D eigenvalue weighted by atomic mass is 16.5. The molecule has 0 unspecified atom stereocenters. The van der Waals surface area contributed by atoms with E-state index in [0.717, 1.165) is 37.2 Å². The summed E-state index contributed by atoms with van der Waals surface area (Å²) in [6.45, 7) is 2.48. The maximum atomic E-state index is 12.5. The molecule has 0 radical (unpaired) electrons. The second-order valence-electron chi connectivity index (χ2n) is 7.64. The first kappa shape index (κ1) is 19.6. The predicted molar refractivity (Wildman–Crippen MR) is 113 cm³/mol. The fourth-order valence-electron chi connectivity index (χ4n) is 3.83. The molecule has 0 bridgehead atoms.